The van der Waals surface area contributed by atoms with Crippen molar-refractivity contribution in [2.45, 2.75) is 6.92 Å². The minimum absolute atomic E-state index is 0.168. The smallest absolute Gasteiger partial charge is 0.187 e. The van der Waals surface area contributed by atoms with Gasteiger partial charge in [0.15, 0.2) is 5.78 Å². The van der Waals surface area contributed by atoms with Gasteiger partial charge in [0.1, 0.15) is 5.76 Å². The molecule has 0 aliphatic heterocycles. The van der Waals surface area contributed by atoms with Crippen LogP contribution in [0.3, 0.4) is 0 Å². The van der Waals surface area contributed by atoms with Gasteiger partial charge in [0.05, 0.1) is 11.3 Å². The van der Waals surface area contributed by atoms with Crippen LogP contribution < -0.4 is 0 Å². The average Bonchev–Trinajstić information content (AvgIpc) is 2.89. The highest BCUT2D eigenvalue weighted by Gasteiger charge is 2.07. The molecule has 2 nitrogen and oxygen atoms in total. The number of furan rings is 1. The fourth-order valence-corrected chi connectivity index (χ4v) is 2.13. The van der Waals surface area contributed by atoms with Crippen LogP contribution in [0.1, 0.15) is 23.0 Å². The number of benzene rings is 1. The molecule has 1 aromatic carbocycles. The quantitative estimate of drug-likeness (QED) is 0.428. The Labute approximate surface area is 127 Å². The van der Waals surface area contributed by atoms with Gasteiger partial charge in [-0.25, -0.2) is 0 Å². The molecule has 0 fully saturated rings. The Morgan fingerprint density at radius 3 is 2.65 bits per heavy atom. The van der Waals surface area contributed by atoms with Crippen molar-refractivity contribution < 1.29 is 9.21 Å². The molecule has 20 heavy (non-hydrogen) atoms. The summed E-state index contributed by atoms with van der Waals surface area (Å²) in [6.07, 6.45) is 6.63. The highest BCUT2D eigenvalue weighted by Crippen LogP contribution is 2.21. The van der Waals surface area contributed by atoms with Gasteiger partial charge in [0.2, 0.25) is 0 Å². The van der Waals surface area contributed by atoms with Crippen molar-refractivity contribution in [2.24, 2.45) is 0 Å². The maximum absolute atomic E-state index is 12.0. The van der Waals surface area contributed by atoms with E-state index in [1.54, 1.807) is 30.5 Å². The molecule has 0 aliphatic carbocycles. The minimum Gasteiger partial charge on any atom is -0.465 e. The van der Waals surface area contributed by atoms with Crippen LogP contribution in [0.5, 0.6) is 0 Å². The molecule has 2 aromatic rings. The summed E-state index contributed by atoms with van der Waals surface area (Å²) >= 11 is 11.8. The topological polar surface area (TPSA) is 30.2 Å². The zero-order chi connectivity index (χ0) is 14.5. The van der Waals surface area contributed by atoms with Crippen molar-refractivity contribution in [1.29, 1.82) is 0 Å². The maximum atomic E-state index is 12.0. The summed E-state index contributed by atoms with van der Waals surface area (Å²) < 4.78 is 5.20. The van der Waals surface area contributed by atoms with E-state index in [4.69, 9.17) is 27.6 Å². The van der Waals surface area contributed by atoms with Crippen molar-refractivity contribution in [2.75, 3.05) is 0 Å². The molecule has 0 radical (unpaired) electrons. The van der Waals surface area contributed by atoms with Gasteiger partial charge in [-0.05, 0) is 55.0 Å². The van der Waals surface area contributed by atoms with E-state index in [1.165, 1.54) is 6.08 Å². The van der Waals surface area contributed by atoms with Crippen molar-refractivity contribution in [1.82, 2.24) is 0 Å². The van der Waals surface area contributed by atoms with Crippen LogP contribution in [-0.4, -0.2) is 5.78 Å². The lowest BCUT2D eigenvalue weighted by molar-refractivity contribution is 0.104. The third-order valence-electron chi connectivity index (χ3n) is 2.61. The Morgan fingerprint density at radius 2 is 2.00 bits per heavy atom. The molecule has 4 heteroatoms. The van der Waals surface area contributed by atoms with Crippen molar-refractivity contribution >= 4 is 35.1 Å². The first-order chi connectivity index (χ1) is 9.56. The van der Waals surface area contributed by atoms with Crippen LogP contribution in [0.25, 0.3) is 6.08 Å². The molecular formula is C16H12Cl2O2. The zero-order valence-corrected chi connectivity index (χ0v) is 12.3. The predicted molar refractivity (Wildman–Crippen MR) is 82.3 cm³/mol. The number of carbonyl (C=O) groups is 1. The number of halogens is 2. The first kappa shape index (κ1) is 14.6. The van der Waals surface area contributed by atoms with E-state index in [-0.39, 0.29) is 5.78 Å². The fourth-order valence-electron chi connectivity index (χ4n) is 1.63. The summed E-state index contributed by atoms with van der Waals surface area (Å²) in [6.45, 7) is 1.88. The molecule has 102 valence electrons. The van der Waals surface area contributed by atoms with Gasteiger partial charge in [0.25, 0.3) is 0 Å². The Kier molecular flexibility index (Phi) is 4.83. The predicted octanol–water partition coefficient (Wildman–Crippen LogP) is 5.43. The van der Waals surface area contributed by atoms with Crippen LogP contribution in [0.2, 0.25) is 10.0 Å². The molecule has 0 atom stereocenters. The van der Waals surface area contributed by atoms with Gasteiger partial charge < -0.3 is 4.42 Å². The Hall–Kier alpha value is -1.77. The van der Waals surface area contributed by atoms with Gasteiger partial charge in [-0.2, -0.15) is 0 Å². The largest absolute Gasteiger partial charge is 0.465 e. The number of hydrogen-bond acceptors (Lipinski definition) is 2. The zero-order valence-electron chi connectivity index (χ0n) is 10.8. The molecule has 0 bridgehead atoms. The van der Waals surface area contributed by atoms with Crippen molar-refractivity contribution in [3.05, 3.63) is 75.7 Å². The van der Waals surface area contributed by atoms with E-state index in [0.717, 1.165) is 11.3 Å². The first-order valence-electron chi connectivity index (χ1n) is 5.95. The lowest BCUT2D eigenvalue weighted by Crippen LogP contribution is -1.95. The molecule has 0 spiro atoms. The molecule has 2 rings (SSSR count). The van der Waals surface area contributed by atoms with Crippen molar-refractivity contribution in [3.63, 3.8) is 0 Å². The molecule has 0 N–H and O–H groups in total. The van der Waals surface area contributed by atoms with Crippen LogP contribution in [-0.2, 0) is 0 Å². The SMILES string of the molecule is CC(/C=C/C(=O)c1ccc(Cl)cc1Cl)=C\c1ccco1. The molecule has 0 unspecified atom stereocenters. The molecule has 0 saturated heterocycles. The van der Waals surface area contributed by atoms with Gasteiger partial charge in [0, 0.05) is 10.6 Å². The molecule has 0 amide bonds. The third-order valence-corrected chi connectivity index (χ3v) is 3.16. The molecule has 0 saturated carbocycles. The van der Waals surface area contributed by atoms with Gasteiger partial charge >= 0.3 is 0 Å². The first-order valence-corrected chi connectivity index (χ1v) is 6.71. The highest BCUT2D eigenvalue weighted by molar-refractivity contribution is 6.37. The van der Waals surface area contributed by atoms with Crippen molar-refractivity contribution in [3.8, 4) is 0 Å². The second kappa shape index (κ2) is 6.60. The fraction of sp³-hybridized carbons (Fsp3) is 0.0625. The molecule has 0 aliphatic rings. The minimum atomic E-state index is -0.168. The van der Waals surface area contributed by atoms with Gasteiger partial charge in [-0.15, -0.1) is 0 Å². The molecular weight excluding hydrogens is 295 g/mol. The Bertz CT molecular complexity index is 668. The van der Waals surface area contributed by atoms with E-state index in [1.807, 2.05) is 25.1 Å². The number of allylic oxidation sites excluding steroid dienone is 3. The van der Waals surface area contributed by atoms with E-state index in [9.17, 15) is 4.79 Å². The number of rotatable bonds is 4. The van der Waals surface area contributed by atoms with Gasteiger partial charge in [-0.1, -0.05) is 29.3 Å². The van der Waals surface area contributed by atoms with Crippen LogP contribution in [0.15, 0.2) is 58.7 Å². The van der Waals surface area contributed by atoms with E-state index < -0.39 is 0 Å². The molecule has 1 aromatic heterocycles. The summed E-state index contributed by atoms with van der Waals surface area (Å²) in [5.74, 6) is 0.572. The lowest BCUT2D eigenvalue weighted by atomic mass is 10.1. The van der Waals surface area contributed by atoms with E-state index >= 15 is 0 Å². The number of ketones is 1. The normalized spacial score (nSPS) is 12.1. The van der Waals surface area contributed by atoms with E-state index in [0.29, 0.717) is 15.6 Å². The Balaban J connectivity index is 2.13. The van der Waals surface area contributed by atoms with Crippen LogP contribution >= 0.6 is 23.2 Å². The summed E-state index contributed by atoms with van der Waals surface area (Å²) in [4.78, 5) is 12.0. The lowest BCUT2D eigenvalue weighted by Gasteiger charge is -2.00. The maximum Gasteiger partial charge on any atom is 0.187 e. The van der Waals surface area contributed by atoms with E-state index in [2.05, 4.69) is 0 Å². The van der Waals surface area contributed by atoms with Crippen LogP contribution in [0.4, 0.5) is 0 Å². The number of hydrogen-bond donors (Lipinski definition) is 0. The third kappa shape index (κ3) is 3.86. The monoisotopic (exact) mass is 306 g/mol. The Morgan fingerprint density at radius 1 is 1.20 bits per heavy atom. The summed E-state index contributed by atoms with van der Waals surface area (Å²) in [5.41, 5.74) is 1.33. The second-order valence-corrected chi connectivity index (χ2v) is 5.07. The summed E-state index contributed by atoms with van der Waals surface area (Å²) in [5, 5.41) is 0.851. The summed E-state index contributed by atoms with van der Waals surface area (Å²) in [6, 6.07) is 8.45. The number of carbonyl (C=O) groups excluding carboxylic acids is 1. The summed E-state index contributed by atoms with van der Waals surface area (Å²) in [7, 11) is 0. The molecule has 1 heterocycles. The standard InChI is InChI=1S/C16H12Cl2O2/c1-11(9-13-3-2-8-20-13)4-7-16(19)14-6-5-12(17)10-15(14)18/h2-10H,1H3/b7-4+,11-9+. The average molecular weight is 307 g/mol. The second-order valence-electron chi connectivity index (χ2n) is 4.23. The van der Waals surface area contributed by atoms with Crippen LogP contribution in [0, 0.1) is 0 Å². The highest BCUT2D eigenvalue weighted by atomic mass is 35.5. The van der Waals surface area contributed by atoms with Gasteiger partial charge in [-0.3, -0.25) is 4.79 Å².